The van der Waals surface area contributed by atoms with Gasteiger partial charge in [0.25, 0.3) is 0 Å². The second-order valence-electron chi connectivity index (χ2n) is 5.20. The van der Waals surface area contributed by atoms with Crippen LogP contribution in [0.4, 0.5) is 5.69 Å². The van der Waals surface area contributed by atoms with Crippen LogP contribution >= 0.6 is 0 Å². The molecule has 0 aromatic heterocycles. The number of ether oxygens (including phenoxy) is 1. The van der Waals surface area contributed by atoms with Gasteiger partial charge in [0.15, 0.2) is 0 Å². The summed E-state index contributed by atoms with van der Waals surface area (Å²) in [4.78, 5) is 11.3. The maximum Gasteiger partial charge on any atom is 0.337 e. The second kappa shape index (κ2) is 5.48. The summed E-state index contributed by atoms with van der Waals surface area (Å²) in [7, 11) is 1.57. The lowest BCUT2D eigenvalue weighted by Crippen LogP contribution is -2.24. The van der Waals surface area contributed by atoms with Crippen LogP contribution in [0, 0.1) is 0 Å². The van der Waals surface area contributed by atoms with Gasteiger partial charge in [-0.1, -0.05) is 24.3 Å². The lowest BCUT2D eigenvalue weighted by molar-refractivity contribution is 0.0698. The molecule has 0 aliphatic heterocycles. The van der Waals surface area contributed by atoms with Crippen LogP contribution in [0.5, 0.6) is 5.75 Å². The third kappa shape index (κ3) is 2.57. The number of carbonyl (C=O) groups is 1. The first-order valence-corrected chi connectivity index (χ1v) is 6.92. The molecule has 3 rings (SSSR count). The number of anilines is 1. The van der Waals surface area contributed by atoms with Gasteiger partial charge in [-0.3, -0.25) is 0 Å². The van der Waals surface area contributed by atoms with Crippen molar-refractivity contribution in [3.63, 3.8) is 0 Å². The van der Waals surface area contributed by atoms with Gasteiger partial charge in [-0.25, -0.2) is 4.79 Å². The maximum absolute atomic E-state index is 11.3. The number of fused-ring (bicyclic) bond motifs is 1. The predicted octanol–water partition coefficient (Wildman–Crippen LogP) is 3.15. The van der Waals surface area contributed by atoms with E-state index in [9.17, 15) is 9.90 Å². The lowest BCUT2D eigenvalue weighted by Gasteiger charge is -2.30. The van der Waals surface area contributed by atoms with E-state index in [1.807, 2.05) is 12.1 Å². The molecule has 1 unspecified atom stereocenters. The first-order valence-electron chi connectivity index (χ1n) is 6.92. The fraction of sp³-hybridized carbons (Fsp3) is 0.235. The Morgan fingerprint density at radius 1 is 1.33 bits per heavy atom. The van der Waals surface area contributed by atoms with Crippen molar-refractivity contribution in [1.82, 2.24) is 0 Å². The summed E-state index contributed by atoms with van der Waals surface area (Å²) in [6, 6.07) is 13.3. The molecule has 2 N–H and O–H groups in total. The first-order chi connectivity index (χ1) is 10.2. The van der Waals surface area contributed by atoms with Crippen molar-refractivity contribution in [1.29, 1.82) is 0 Å². The van der Waals surface area contributed by atoms with Gasteiger partial charge in [0.05, 0.1) is 18.4 Å². The molecule has 0 bridgehead atoms. The second-order valence-corrected chi connectivity index (χ2v) is 5.20. The number of hydrogen-bond donors (Lipinski definition) is 2. The molecule has 0 amide bonds. The molecule has 2 aromatic carbocycles. The highest BCUT2D eigenvalue weighted by Crippen LogP contribution is 2.35. The standard InChI is InChI=1S/C17H17NO3/c1-21-13-6-7-15(17(19)20)16(9-13)18-10-12-8-11-4-2-3-5-14(11)12/h2-7,9,12,18H,8,10H2,1H3,(H,19,20). The van der Waals surface area contributed by atoms with E-state index in [0.29, 0.717) is 17.4 Å². The Labute approximate surface area is 123 Å². The van der Waals surface area contributed by atoms with Gasteiger partial charge in [0.1, 0.15) is 5.75 Å². The molecule has 1 atom stereocenters. The predicted molar refractivity (Wildman–Crippen MR) is 81.3 cm³/mol. The zero-order chi connectivity index (χ0) is 14.8. The fourth-order valence-corrected chi connectivity index (χ4v) is 2.76. The van der Waals surface area contributed by atoms with Crippen molar-refractivity contribution in [3.8, 4) is 5.75 Å². The number of methoxy groups -OCH3 is 1. The van der Waals surface area contributed by atoms with Gasteiger partial charge >= 0.3 is 5.97 Å². The maximum atomic E-state index is 11.3. The van der Waals surface area contributed by atoms with Crippen LogP contribution in [-0.2, 0) is 6.42 Å². The summed E-state index contributed by atoms with van der Waals surface area (Å²) in [6.45, 7) is 0.727. The van der Waals surface area contributed by atoms with E-state index in [-0.39, 0.29) is 5.56 Å². The van der Waals surface area contributed by atoms with Crippen molar-refractivity contribution >= 4 is 11.7 Å². The minimum atomic E-state index is -0.936. The minimum Gasteiger partial charge on any atom is -0.497 e. The SMILES string of the molecule is COc1ccc(C(=O)O)c(NCC2Cc3ccccc32)c1. The van der Waals surface area contributed by atoms with Crippen molar-refractivity contribution in [2.45, 2.75) is 12.3 Å². The van der Waals surface area contributed by atoms with E-state index in [4.69, 9.17) is 4.74 Å². The van der Waals surface area contributed by atoms with Gasteiger partial charge in [-0.05, 0) is 29.7 Å². The third-order valence-corrected chi connectivity index (χ3v) is 3.96. The molecular weight excluding hydrogens is 266 g/mol. The summed E-state index contributed by atoms with van der Waals surface area (Å²) >= 11 is 0. The van der Waals surface area contributed by atoms with E-state index < -0.39 is 5.97 Å². The molecule has 1 aliphatic carbocycles. The zero-order valence-corrected chi connectivity index (χ0v) is 11.8. The van der Waals surface area contributed by atoms with Crippen molar-refractivity contribution < 1.29 is 14.6 Å². The van der Waals surface area contributed by atoms with Gasteiger partial charge in [-0.2, -0.15) is 0 Å². The molecule has 1 aliphatic rings. The van der Waals surface area contributed by atoms with Crippen molar-refractivity contribution in [2.24, 2.45) is 0 Å². The van der Waals surface area contributed by atoms with Gasteiger partial charge < -0.3 is 15.2 Å². The Kier molecular flexibility index (Phi) is 3.52. The summed E-state index contributed by atoms with van der Waals surface area (Å²) in [5, 5.41) is 12.5. The largest absolute Gasteiger partial charge is 0.497 e. The van der Waals surface area contributed by atoms with Gasteiger partial charge in [0.2, 0.25) is 0 Å². The Morgan fingerprint density at radius 3 is 2.86 bits per heavy atom. The van der Waals surface area contributed by atoms with E-state index in [1.165, 1.54) is 11.1 Å². The van der Waals surface area contributed by atoms with Crippen LogP contribution in [0.2, 0.25) is 0 Å². The van der Waals surface area contributed by atoms with Crippen LogP contribution in [0.1, 0.15) is 27.4 Å². The van der Waals surface area contributed by atoms with Gasteiger partial charge in [-0.15, -0.1) is 0 Å². The normalized spacial score (nSPS) is 15.8. The zero-order valence-electron chi connectivity index (χ0n) is 11.8. The highest BCUT2D eigenvalue weighted by atomic mass is 16.5. The average molecular weight is 283 g/mol. The number of hydrogen-bond acceptors (Lipinski definition) is 3. The molecular formula is C17H17NO3. The Hall–Kier alpha value is -2.49. The lowest BCUT2D eigenvalue weighted by atomic mass is 9.77. The molecule has 4 nitrogen and oxygen atoms in total. The summed E-state index contributed by atoms with van der Waals surface area (Å²) in [5.74, 6) is 0.153. The smallest absolute Gasteiger partial charge is 0.337 e. The molecule has 21 heavy (non-hydrogen) atoms. The number of carboxylic acids is 1. The van der Waals surface area contributed by atoms with Gasteiger partial charge in [0, 0.05) is 18.5 Å². The summed E-state index contributed by atoms with van der Waals surface area (Å²) < 4.78 is 5.16. The average Bonchev–Trinajstić information content (AvgIpc) is 2.47. The van der Waals surface area contributed by atoms with Crippen molar-refractivity contribution in [2.75, 3.05) is 19.0 Å². The van der Waals surface area contributed by atoms with E-state index in [1.54, 1.807) is 25.3 Å². The molecule has 108 valence electrons. The molecule has 0 saturated carbocycles. The Bertz CT molecular complexity index is 681. The van der Waals surface area contributed by atoms with Crippen molar-refractivity contribution in [3.05, 3.63) is 59.2 Å². The number of carboxylic acid groups (broad SMARTS) is 1. The third-order valence-electron chi connectivity index (χ3n) is 3.96. The number of nitrogens with one attached hydrogen (secondary N) is 1. The first kappa shape index (κ1) is 13.5. The molecule has 0 heterocycles. The molecule has 0 spiro atoms. The number of rotatable bonds is 5. The minimum absolute atomic E-state index is 0.267. The molecule has 0 radical (unpaired) electrons. The monoisotopic (exact) mass is 283 g/mol. The highest BCUT2D eigenvalue weighted by molar-refractivity contribution is 5.94. The van der Waals surface area contributed by atoms with E-state index in [2.05, 4.69) is 17.4 Å². The molecule has 0 saturated heterocycles. The van der Waals surface area contributed by atoms with E-state index in [0.717, 1.165) is 13.0 Å². The number of aromatic carboxylic acids is 1. The summed E-state index contributed by atoms with van der Waals surface area (Å²) in [6.07, 6.45) is 1.04. The Morgan fingerprint density at radius 2 is 2.14 bits per heavy atom. The quantitative estimate of drug-likeness (QED) is 0.885. The fourth-order valence-electron chi connectivity index (χ4n) is 2.76. The van der Waals surface area contributed by atoms with E-state index >= 15 is 0 Å². The van der Waals surface area contributed by atoms with Crippen LogP contribution in [0.15, 0.2) is 42.5 Å². The molecule has 2 aromatic rings. The number of benzene rings is 2. The molecule has 0 fully saturated rings. The van der Waals surface area contributed by atoms with Crippen LogP contribution < -0.4 is 10.1 Å². The van der Waals surface area contributed by atoms with Crippen LogP contribution in [0.3, 0.4) is 0 Å². The van der Waals surface area contributed by atoms with Crippen LogP contribution in [0.25, 0.3) is 0 Å². The van der Waals surface area contributed by atoms with Crippen LogP contribution in [-0.4, -0.2) is 24.7 Å². The highest BCUT2D eigenvalue weighted by Gasteiger charge is 2.25. The topological polar surface area (TPSA) is 58.6 Å². The summed E-state index contributed by atoms with van der Waals surface area (Å²) in [5.41, 5.74) is 3.60. The molecule has 4 heteroatoms. The Balaban J connectivity index is 1.75.